The lowest BCUT2D eigenvalue weighted by atomic mass is 10.0. The fourth-order valence-electron chi connectivity index (χ4n) is 3.58. The van der Waals surface area contributed by atoms with Crippen LogP contribution in [0.15, 0.2) is 9.32 Å². The van der Waals surface area contributed by atoms with Crippen LogP contribution in [0.4, 0.5) is 0 Å². The van der Waals surface area contributed by atoms with Crippen molar-refractivity contribution in [3.8, 4) is 0 Å². The van der Waals surface area contributed by atoms with Gasteiger partial charge in [-0.1, -0.05) is 11.6 Å². The van der Waals surface area contributed by atoms with Crippen LogP contribution >= 0.6 is 11.3 Å². The Balaban J connectivity index is 1.73. The first-order chi connectivity index (χ1) is 13.3. The molecule has 9 heteroatoms. The molecule has 0 atom stereocenters. The lowest BCUT2D eigenvalue weighted by molar-refractivity contribution is 0.0911. The number of fused-ring (bicyclic) bond motifs is 2. The number of thiophene rings is 1. The molecule has 4 heterocycles. The van der Waals surface area contributed by atoms with Gasteiger partial charge in [-0.2, -0.15) is 4.98 Å². The molecule has 0 saturated carbocycles. The number of nitrogens with one attached hydrogen (secondary N) is 1. The van der Waals surface area contributed by atoms with Gasteiger partial charge in [0.2, 0.25) is 5.89 Å². The highest BCUT2D eigenvalue weighted by atomic mass is 32.1. The van der Waals surface area contributed by atoms with E-state index >= 15 is 0 Å². The Hall–Kier alpha value is -2.55. The number of hydrogen-bond acceptors (Lipinski definition) is 7. The Morgan fingerprint density at radius 1 is 1.21 bits per heavy atom. The average Bonchev–Trinajstić information content (AvgIpc) is 3.11. The maximum atomic E-state index is 13.1. The van der Waals surface area contributed by atoms with Gasteiger partial charge in [-0.3, -0.25) is 14.2 Å². The number of hydrogen-bond donors (Lipinski definition) is 1. The molecule has 0 spiro atoms. The van der Waals surface area contributed by atoms with E-state index in [0.717, 1.165) is 31.5 Å². The zero-order chi connectivity index (χ0) is 20.1. The Labute approximate surface area is 166 Å². The number of aromatic nitrogens is 4. The molecule has 4 rings (SSSR count). The molecule has 1 aliphatic rings. The summed E-state index contributed by atoms with van der Waals surface area (Å²) in [5.41, 5.74) is -0.172. The van der Waals surface area contributed by atoms with Crippen LogP contribution in [0.2, 0.25) is 0 Å². The fourth-order valence-corrected chi connectivity index (χ4v) is 4.66. The van der Waals surface area contributed by atoms with E-state index in [9.17, 15) is 9.59 Å². The molecular formula is C19H23N5O3S. The van der Waals surface area contributed by atoms with E-state index in [0.29, 0.717) is 38.9 Å². The van der Waals surface area contributed by atoms with E-state index in [2.05, 4.69) is 15.5 Å². The molecule has 28 heavy (non-hydrogen) atoms. The molecule has 0 bridgehead atoms. The Kier molecular flexibility index (Phi) is 4.57. The minimum atomic E-state index is -0.808. The summed E-state index contributed by atoms with van der Waals surface area (Å²) in [6, 6.07) is 0. The second-order valence-electron chi connectivity index (χ2n) is 7.75. The van der Waals surface area contributed by atoms with E-state index in [1.807, 2.05) is 20.8 Å². The van der Waals surface area contributed by atoms with Gasteiger partial charge in [-0.25, -0.2) is 4.98 Å². The van der Waals surface area contributed by atoms with Crippen molar-refractivity contribution in [2.45, 2.75) is 65.5 Å². The lowest BCUT2D eigenvalue weighted by Crippen LogP contribution is -2.41. The number of rotatable bonds is 3. The SMILES string of the molecule is Cc1nc(C(C)(C)NC(=O)c2sc3nc4n(c(=O)c3c2C)CCCCC4)no1. The summed E-state index contributed by atoms with van der Waals surface area (Å²) < 4.78 is 6.81. The molecule has 1 aliphatic heterocycles. The minimum Gasteiger partial charge on any atom is -0.340 e. The Morgan fingerprint density at radius 3 is 2.71 bits per heavy atom. The molecule has 1 N–H and O–H groups in total. The van der Waals surface area contributed by atoms with E-state index in [1.165, 1.54) is 11.3 Å². The highest BCUT2D eigenvalue weighted by Gasteiger charge is 2.31. The quantitative estimate of drug-likeness (QED) is 0.724. The number of nitrogens with zero attached hydrogens (tertiary/aromatic N) is 4. The molecule has 1 amide bonds. The third-order valence-corrected chi connectivity index (χ3v) is 6.31. The summed E-state index contributed by atoms with van der Waals surface area (Å²) in [5, 5.41) is 7.41. The van der Waals surface area contributed by atoms with Crippen molar-refractivity contribution in [3.63, 3.8) is 0 Å². The van der Waals surface area contributed by atoms with Gasteiger partial charge < -0.3 is 9.84 Å². The first-order valence-electron chi connectivity index (χ1n) is 9.44. The van der Waals surface area contributed by atoms with Gasteiger partial charge in [0.05, 0.1) is 15.8 Å². The Bertz CT molecular complexity index is 1120. The van der Waals surface area contributed by atoms with Gasteiger partial charge in [0.25, 0.3) is 11.5 Å². The molecule has 0 aromatic carbocycles. The average molecular weight is 401 g/mol. The summed E-state index contributed by atoms with van der Waals surface area (Å²) in [5.74, 6) is 1.40. The van der Waals surface area contributed by atoms with Crippen LogP contribution in [0.25, 0.3) is 10.2 Å². The molecule has 3 aromatic heterocycles. The minimum absolute atomic E-state index is 0.0391. The van der Waals surface area contributed by atoms with E-state index in [1.54, 1.807) is 11.5 Å². The van der Waals surface area contributed by atoms with Gasteiger partial charge >= 0.3 is 0 Å². The second-order valence-corrected chi connectivity index (χ2v) is 8.75. The van der Waals surface area contributed by atoms with Gasteiger partial charge in [-0.05, 0) is 39.2 Å². The molecule has 8 nitrogen and oxygen atoms in total. The highest BCUT2D eigenvalue weighted by molar-refractivity contribution is 7.20. The smallest absolute Gasteiger partial charge is 0.262 e. The molecule has 0 unspecified atom stereocenters. The van der Waals surface area contributed by atoms with Gasteiger partial charge in [0.1, 0.15) is 10.7 Å². The van der Waals surface area contributed by atoms with Crippen molar-refractivity contribution in [1.29, 1.82) is 0 Å². The van der Waals surface area contributed by atoms with Crippen LogP contribution in [0.1, 0.15) is 65.9 Å². The van der Waals surface area contributed by atoms with Gasteiger partial charge in [0.15, 0.2) is 5.82 Å². The Morgan fingerprint density at radius 2 is 2.00 bits per heavy atom. The van der Waals surface area contributed by atoms with Crippen LogP contribution in [0.5, 0.6) is 0 Å². The highest BCUT2D eigenvalue weighted by Crippen LogP contribution is 2.29. The van der Waals surface area contributed by atoms with Crippen molar-refractivity contribution in [3.05, 3.63) is 38.3 Å². The molecule has 3 aromatic rings. The van der Waals surface area contributed by atoms with E-state index in [4.69, 9.17) is 9.51 Å². The van der Waals surface area contributed by atoms with Crippen LogP contribution in [-0.2, 0) is 18.5 Å². The summed E-state index contributed by atoms with van der Waals surface area (Å²) in [7, 11) is 0. The third-order valence-electron chi connectivity index (χ3n) is 5.13. The summed E-state index contributed by atoms with van der Waals surface area (Å²) >= 11 is 1.27. The van der Waals surface area contributed by atoms with Crippen molar-refractivity contribution in [2.75, 3.05) is 0 Å². The maximum absolute atomic E-state index is 13.1. The number of carbonyl (C=O) groups excluding carboxylic acids is 1. The largest absolute Gasteiger partial charge is 0.340 e. The van der Waals surface area contributed by atoms with Crippen LogP contribution in [-0.4, -0.2) is 25.6 Å². The number of amides is 1. The van der Waals surface area contributed by atoms with E-state index < -0.39 is 5.54 Å². The van der Waals surface area contributed by atoms with Crippen molar-refractivity contribution in [1.82, 2.24) is 25.0 Å². The van der Waals surface area contributed by atoms with Crippen LogP contribution < -0.4 is 10.9 Å². The summed E-state index contributed by atoms with van der Waals surface area (Å²) in [4.78, 5) is 36.1. The predicted molar refractivity (Wildman–Crippen MR) is 106 cm³/mol. The van der Waals surface area contributed by atoms with E-state index in [-0.39, 0.29) is 11.5 Å². The van der Waals surface area contributed by atoms with Crippen molar-refractivity contribution >= 4 is 27.5 Å². The lowest BCUT2D eigenvalue weighted by Gasteiger charge is -2.22. The molecule has 0 aliphatic carbocycles. The van der Waals surface area contributed by atoms with Crippen molar-refractivity contribution in [2.24, 2.45) is 0 Å². The predicted octanol–water partition coefficient (Wildman–Crippen LogP) is 2.85. The first kappa shape index (κ1) is 18.8. The van der Waals surface area contributed by atoms with Crippen LogP contribution in [0.3, 0.4) is 0 Å². The topological polar surface area (TPSA) is 103 Å². The number of carbonyl (C=O) groups is 1. The monoisotopic (exact) mass is 401 g/mol. The third kappa shape index (κ3) is 3.13. The van der Waals surface area contributed by atoms with Gasteiger partial charge in [0, 0.05) is 19.9 Å². The van der Waals surface area contributed by atoms with Crippen molar-refractivity contribution < 1.29 is 9.32 Å². The number of aryl methyl sites for hydroxylation is 3. The van der Waals surface area contributed by atoms with Gasteiger partial charge in [-0.15, -0.1) is 11.3 Å². The summed E-state index contributed by atoms with van der Waals surface area (Å²) in [6.45, 7) is 7.83. The normalized spacial score (nSPS) is 14.7. The van der Waals surface area contributed by atoms with Crippen LogP contribution in [0, 0.1) is 13.8 Å². The standard InChI is InChI=1S/C19H23N5O3S/c1-10-13-16(21-12-8-6-5-7-9-24(12)17(13)26)28-14(10)15(25)22-19(3,4)18-20-11(2)27-23-18/h5-9H2,1-4H3,(H,22,25). The maximum Gasteiger partial charge on any atom is 0.262 e. The molecule has 0 fully saturated rings. The molecule has 0 radical (unpaired) electrons. The summed E-state index contributed by atoms with van der Waals surface area (Å²) in [6.07, 6.45) is 3.92. The zero-order valence-corrected chi connectivity index (χ0v) is 17.3. The zero-order valence-electron chi connectivity index (χ0n) is 16.5. The molecular weight excluding hydrogens is 378 g/mol. The first-order valence-corrected chi connectivity index (χ1v) is 10.3. The fraction of sp³-hybridized carbons (Fsp3) is 0.526. The molecule has 0 saturated heterocycles. The second kappa shape index (κ2) is 6.80. The molecule has 148 valence electrons.